The molecular formula is C47H94NO11P. The fraction of sp³-hybridized carbons (Fsp3) is 0.979. The first-order chi connectivity index (χ1) is 28.9. The number of carbonyl (C=O) groups excluding carboxylic acids is 1. The van der Waals surface area contributed by atoms with E-state index in [-0.39, 0.29) is 12.3 Å². The van der Waals surface area contributed by atoms with E-state index in [2.05, 4.69) is 19.2 Å². The second-order valence-corrected chi connectivity index (χ2v) is 19.4. The SMILES string of the molecule is CCCCCCCCCCCCCCCCCCCC(=O)N[C@@H](COP(=O)(O)OC1C(O)C(O)C(O)[C@@H](O)C1O)[C@H](O)CCCCCCCCCCCCCCCCCC. The highest BCUT2D eigenvalue weighted by molar-refractivity contribution is 7.47. The van der Waals surface area contributed by atoms with E-state index in [4.69, 9.17) is 9.05 Å². The molecule has 1 saturated carbocycles. The lowest BCUT2D eigenvalue weighted by Gasteiger charge is -2.41. The molecule has 60 heavy (non-hydrogen) atoms. The van der Waals surface area contributed by atoms with Gasteiger partial charge in [-0.25, -0.2) is 4.57 Å². The first-order valence-electron chi connectivity index (χ1n) is 25.0. The van der Waals surface area contributed by atoms with Gasteiger partial charge in [0.05, 0.1) is 18.8 Å². The zero-order valence-corrected chi connectivity index (χ0v) is 39.2. The number of hydrogen-bond donors (Lipinski definition) is 8. The normalized spacial score (nSPS) is 22.8. The van der Waals surface area contributed by atoms with E-state index in [9.17, 15) is 44.9 Å². The van der Waals surface area contributed by atoms with Crippen molar-refractivity contribution in [3.8, 4) is 0 Å². The van der Waals surface area contributed by atoms with Crippen LogP contribution in [0, 0.1) is 0 Å². The lowest BCUT2D eigenvalue weighted by Crippen LogP contribution is -2.64. The van der Waals surface area contributed by atoms with Crippen LogP contribution in [0.15, 0.2) is 0 Å². The standard InChI is InChI=1S/C47H94NO11P/c1-3-5-7-9-11-13-15-17-19-21-23-25-27-29-31-33-35-37-41(50)48-39(38-58-60(56,57)59-47-45(54)43(52)42(51)44(53)46(47)55)40(49)36-34-32-30-28-26-24-22-20-18-16-14-12-10-8-6-4-2/h39-40,42-47,49,51-55H,3-38H2,1-2H3,(H,48,50)(H,56,57)/t39-,40+,42?,43+,44?,45?,46?,47?/m0/s1. The van der Waals surface area contributed by atoms with Gasteiger partial charge in [0, 0.05) is 6.42 Å². The quantitative estimate of drug-likeness (QED) is 0.0214. The van der Waals surface area contributed by atoms with Crippen LogP contribution < -0.4 is 5.32 Å². The lowest BCUT2D eigenvalue weighted by molar-refractivity contribution is -0.220. The Hall–Kier alpha value is -0.660. The molecule has 12 nitrogen and oxygen atoms in total. The summed E-state index contributed by atoms with van der Waals surface area (Å²) in [7, 11) is -5.05. The summed E-state index contributed by atoms with van der Waals surface area (Å²) in [4.78, 5) is 23.5. The number of aliphatic hydroxyl groups is 6. The number of aliphatic hydroxyl groups excluding tert-OH is 6. The molecular weight excluding hydrogens is 785 g/mol. The Balaban J connectivity index is 2.42. The van der Waals surface area contributed by atoms with Crippen LogP contribution in [0.3, 0.4) is 0 Å². The van der Waals surface area contributed by atoms with Gasteiger partial charge in [-0.2, -0.15) is 0 Å². The van der Waals surface area contributed by atoms with Crippen molar-refractivity contribution in [3.05, 3.63) is 0 Å². The molecule has 1 aliphatic rings. The van der Waals surface area contributed by atoms with Crippen molar-refractivity contribution in [2.75, 3.05) is 6.61 Å². The average Bonchev–Trinajstić information content (AvgIpc) is 3.23. The van der Waals surface area contributed by atoms with E-state index in [0.717, 1.165) is 38.5 Å². The van der Waals surface area contributed by atoms with Gasteiger partial charge in [-0.15, -0.1) is 0 Å². The highest BCUT2D eigenvalue weighted by atomic mass is 31.2. The van der Waals surface area contributed by atoms with Crippen LogP contribution in [-0.2, 0) is 18.4 Å². The van der Waals surface area contributed by atoms with Crippen LogP contribution in [0.2, 0.25) is 0 Å². The van der Waals surface area contributed by atoms with E-state index in [1.54, 1.807) is 0 Å². The van der Waals surface area contributed by atoms with Crippen LogP contribution >= 0.6 is 7.82 Å². The zero-order chi connectivity index (χ0) is 44.3. The predicted molar refractivity (Wildman–Crippen MR) is 242 cm³/mol. The van der Waals surface area contributed by atoms with Crippen molar-refractivity contribution in [1.29, 1.82) is 0 Å². The number of carbonyl (C=O) groups is 1. The third-order valence-electron chi connectivity index (χ3n) is 12.4. The van der Waals surface area contributed by atoms with E-state index in [0.29, 0.717) is 19.3 Å². The maximum absolute atomic E-state index is 13.0. The number of rotatable bonds is 42. The molecule has 358 valence electrons. The third-order valence-corrected chi connectivity index (χ3v) is 13.4. The van der Waals surface area contributed by atoms with Crippen molar-refractivity contribution in [2.45, 2.75) is 287 Å². The minimum Gasteiger partial charge on any atom is -0.391 e. The second-order valence-electron chi connectivity index (χ2n) is 18.0. The summed E-state index contributed by atoms with van der Waals surface area (Å²) in [5.41, 5.74) is 0. The van der Waals surface area contributed by atoms with Crippen molar-refractivity contribution in [3.63, 3.8) is 0 Å². The highest BCUT2D eigenvalue weighted by Crippen LogP contribution is 2.47. The van der Waals surface area contributed by atoms with Crippen molar-refractivity contribution in [1.82, 2.24) is 5.32 Å². The van der Waals surface area contributed by atoms with Gasteiger partial charge in [0.1, 0.15) is 36.6 Å². The summed E-state index contributed by atoms with van der Waals surface area (Å²) in [6, 6.07) is -1.03. The first-order valence-corrected chi connectivity index (χ1v) is 26.5. The molecule has 13 heteroatoms. The predicted octanol–water partition coefficient (Wildman–Crippen LogP) is 9.85. The van der Waals surface area contributed by atoms with E-state index in [1.165, 1.54) is 161 Å². The molecule has 0 bridgehead atoms. The molecule has 1 aliphatic carbocycles. The largest absolute Gasteiger partial charge is 0.472 e. The van der Waals surface area contributed by atoms with Crippen LogP contribution in [0.4, 0.5) is 0 Å². The molecule has 1 fully saturated rings. The first kappa shape index (κ1) is 57.4. The lowest BCUT2D eigenvalue weighted by atomic mass is 9.85. The summed E-state index contributed by atoms with van der Waals surface area (Å²) >= 11 is 0. The van der Waals surface area contributed by atoms with Crippen molar-refractivity contribution >= 4 is 13.7 Å². The third kappa shape index (κ3) is 28.9. The molecule has 9 atom stereocenters. The summed E-state index contributed by atoms with van der Waals surface area (Å²) in [6.07, 6.45) is 28.4. The molecule has 1 amide bonds. The maximum atomic E-state index is 13.0. The maximum Gasteiger partial charge on any atom is 0.472 e. The molecule has 0 aliphatic heterocycles. The summed E-state index contributed by atoms with van der Waals surface area (Å²) in [6.45, 7) is 3.92. The van der Waals surface area contributed by atoms with Gasteiger partial charge < -0.3 is 40.8 Å². The summed E-state index contributed by atoms with van der Waals surface area (Å²) < 4.78 is 23.0. The van der Waals surface area contributed by atoms with Crippen LogP contribution in [0.1, 0.15) is 239 Å². The molecule has 0 heterocycles. The van der Waals surface area contributed by atoms with Crippen LogP contribution in [0.5, 0.6) is 0 Å². The highest BCUT2D eigenvalue weighted by Gasteiger charge is 2.51. The zero-order valence-electron chi connectivity index (χ0n) is 38.3. The van der Waals surface area contributed by atoms with Gasteiger partial charge in [-0.1, -0.05) is 219 Å². The van der Waals surface area contributed by atoms with E-state index in [1.807, 2.05) is 0 Å². The van der Waals surface area contributed by atoms with E-state index < -0.39 is 63.2 Å². The fourth-order valence-electron chi connectivity index (χ4n) is 8.32. The number of nitrogens with one attached hydrogen (secondary N) is 1. The van der Waals surface area contributed by atoms with Gasteiger partial charge in [0.2, 0.25) is 5.91 Å². The molecule has 0 radical (unpaired) electrons. The Morgan fingerprint density at radius 3 is 1.15 bits per heavy atom. The van der Waals surface area contributed by atoms with E-state index >= 15 is 0 Å². The second kappa shape index (κ2) is 37.7. The molecule has 1 rings (SSSR count). The summed E-state index contributed by atoms with van der Waals surface area (Å²) in [5.74, 6) is -0.303. The topological polar surface area (TPSA) is 206 Å². The monoisotopic (exact) mass is 880 g/mol. The van der Waals surface area contributed by atoms with Gasteiger partial charge in [0.25, 0.3) is 0 Å². The van der Waals surface area contributed by atoms with Gasteiger partial charge >= 0.3 is 7.82 Å². The minimum atomic E-state index is -5.05. The average molecular weight is 880 g/mol. The molecule has 0 aromatic rings. The Morgan fingerprint density at radius 1 is 0.500 bits per heavy atom. The van der Waals surface area contributed by atoms with Gasteiger partial charge in [-0.3, -0.25) is 13.8 Å². The fourth-order valence-corrected chi connectivity index (χ4v) is 9.29. The molecule has 0 aromatic carbocycles. The molecule has 0 spiro atoms. The number of amides is 1. The Bertz CT molecular complexity index is 1030. The van der Waals surface area contributed by atoms with Crippen molar-refractivity contribution in [2.24, 2.45) is 0 Å². The van der Waals surface area contributed by atoms with Crippen LogP contribution in [0.25, 0.3) is 0 Å². The van der Waals surface area contributed by atoms with Gasteiger partial charge in [-0.05, 0) is 12.8 Å². The smallest absolute Gasteiger partial charge is 0.391 e. The molecule has 8 N–H and O–H groups in total. The number of phosphoric ester groups is 1. The van der Waals surface area contributed by atoms with Crippen molar-refractivity contribution < 1.29 is 53.9 Å². The van der Waals surface area contributed by atoms with Gasteiger partial charge in [0.15, 0.2) is 0 Å². The Labute approximate surface area is 366 Å². The number of unbranched alkanes of at least 4 members (excludes halogenated alkanes) is 31. The Kier molecular flexibility index (Phi) is 36.0. The Morgan fingerprint density at radius 2 is 0.800 bits per heavy atom. The van der Waals surface area contributed by atoms with Crippen LogP contribution in [-0.4, -0.2) is 96.8 Å². The molecule has 6 unspecified atom stereocenters. The summed E-state index contributed by atoms with van der Waals surface area (Å²) in [5, 5.41) is 64.2. The minimum absolute atomic E-state index is 0.243. The molecule has 0 saturated heterocycles. The molecule has 0 aromatic heterocycles. The number of phosphoric acid groups is 1. The number of hydrogen-bond acceptors (Lipinski definition) is 10.